The number of hydrogen-bond donors (Lipinski definition) is 0. The Bertz CT molecular complexity index is 1700. The summed E-state index contributed by atoms with van der Waals surface area (Å²) in [7, 11) is -9.52. The van der Waals surface area contributed by atoms with E-state index in [1.54, 1.807) is 12.5 Å². The molecule has 0 aliphatic carbocycles. The van der Waals surface area contributed by atoms with Crippen LogP contribution < -0.4 is 0 Å². The number of oxazole rings is 2. The van der Waals surface area contributed by atoms with Crippen LogP contribution in [0.1, 0.15) is 223 Å². The Morgan fingerprint density at radius 1 is 0.597 bits per heavy atom. The van der Waals surface area contributed by atoms with Crippen molar-refractivity contribution in [1.29, 1.82) is 0 Å². The number of esters is 1. The molecule has 2 aromatic rings. The Labute approximate surface area is 415 Å². The molecule has 0 aromatic carbocycles. The lowest BCUT2D eigenvalue weighted by atomic mass is 10.0. The number of nitrogens with zero attached hydrogens (tertiary/aromatic N) is 2. The van der Waals surface area contributed by atoms with Crippen LogP contribution in [0, 0.1) is 0 Å². The van der Waals surface area contributed by atoms with Crippen LogP contribution in [-0.4, -0.2) is 67.5 Å². The van der Waals surface area contributed by atoms with Gasteiger partial charge in [0.1, 0.15) is 12.0 Å². The minimum atomic E-state index is -2.45. The maximum atomic E-state index is 13.5. The van der Waals surface area contributed by atoms with Crippen molar-refractivity contribution >= 4 is 39.2 Å². The second-order valence-electron chi connectivity index (χ2n) is 25.8. The van der Waals surface area contributed by atoms with E-state index in [4.69, 9.17) is 36.3 Å². The van der Waals surface area contributed by atoms with E-state index in [9.17, 15) is 4.79 Å². The van der Waals surface area contributed by atoms with Crippen LogP contribution in [0.3, 0.4) is 0 Å². The van der Waals surface area contributed by atoms with Crippen LogP contribution in [0.25, 0.3) is 0 Å². The molecule has 5 atom stereocenters. The summed E-state index contributed by atoms with van der Waals surface area (Å²) in [5.74, 6) is 0.259. The van der Waals surface area contributed by atoms with Crippen molar-refractivity contribution in [1.82, 2.24) is 9.97 Å². The van der Waals surface area contributed by atoms with Gasteiger partial charge in [-0.3, -0.25) is 4.79 Å². The van der Waals surface area contributed by atoms with Crippen molar-refractivity contribution in [2.75, 3.05) is 0 Å². The molecule has 5 unspecified atom stereocenters. The largest absolute Gasteiger partial charge is 0.445 e. The Balaban J connectivity index is 2.55. The van der Waals surface area contributed by atoms with Gasteiger partial charge in [-0.05, 0) is 85.9 Å². The minimum absolute atomic E-state index is 0.000410. The monoisotopic (exact) mass is 1010 g/mol. The van der Waals surface area contributed by atoms with Gasteiger partial charge in [-0.2, -0.15) is 0 Å². The Morgan fingerprint density at radius 3 is 1.48 bits per heavy atom. The Kier molecular flexibility index (Phi) is 23.8. The standard InChI is InChI=1S/C53H104N2O8Si4/c1-23-24-25-26-27-28-29-30-31-32-33-34-35-36-46(56)59-48(45-38-54-40-58-45)49-55-42(39-57-49)43(61-65(17,18)51(6,7)8)37-44(62-66(19,20)52(9,10)11)47(63-67(21,22)53(12,13)14)41(2)60-64(15,16)50(3,4)5/h38-41,43-44,47-48H,23-37H2,1-22H3. The van der Waals surface area contributed by atoms with Crippen LogP contribution >= 0.6 is 0 Å². The van der Waals surface area contributed by atoms with Crippen molar-refractivity contribution in [3.8, 4) is 0 Å². The van der Waals surface area contributed by atoms with E-state index in [0.717, 1.165) is 19.3 Å². The normalized spacial score (nSPS) is 16.2. The summed E-state index contributed by atoms with van der Waals surface area (Å²) >= 11 is 0. The number of ether oxygens (including phenoxy) is 1. The van der Waals surface area contributed by atoms with Crippen LogP contribution in [0.2, 0.25) is 72.5 Å². The Morgan fingerprint density at radius 2 is 1.03 bits per heavy atom. The summed E-state index contributed by atoms with van der Waals surface area (Å²) in [6.45, 7) is 50.2. The molecule has 2 heterocycles. The van der Waals surface area contributed by atoms with Crippen molar-refractivity contribution in [3.05, 3.63) is 36.2 Å². The molecular formula is C53H104N2O8Si4. The van der Waals surface area contributed by atoms with Gasteiger partial charge in [-0.1, -0.05) is 167 Å². The van der Waals surface area contributed by atoms with Gasteiger partial charge >= 0.3 is 5.97 Å². The molecule has 67 heavy (non-hydrogen) atoms. The minimum Gasteiger partial charge on any atom is -0.445 e. The van der Waals surface area contributed by atoms with Gasteiger partial charge in [0.2, 0.25) is 12.0 Å². The van der Waals surface area contributed by atoms with E-state index >= 15 is 0 Å². The highest BCUT2D eigenvalue weighted by molar-refractivity contribution is 6.75. The van der Waals surface area contributed by atoms with Gasteiger partial charge in [-0.25, -0.2) is 9.97 Å². The molecule has 0 saturated heterocycles. The number of hydrogen-bond acceptors (Lipinski definition) is 10. The van der Waals surface area contributed by atoms with Gasteiger partial charge in [-0.15, -0.1) is 0 Å². The molecule has 2 rings (SSSR count). The lowest BCUT2D eigenvalue weighted by Crippen LogP contribution is -2.57. The lowest BCUT2D eigenvalue weighted by molar-refractivity contribution is -0.149. The van der Waals surface area contributed by atoms with Gasteiger partial charge in [0.15, 0.2) is 45.4 Å². The molecule has 0 saturated carbocycles. The number of carbonyl (C=O) groups excluding carboxylic acids is 1. The number of unbranched alkanes of at least 4 members (excludes halogenated alkanes) is 12. The molecule has 0 aliphatic rings. The van der Waals surface area contributed by atoms with Gasteiger partial charge in [0, 0.05) is 12.8 Å². The molecule has 0 radical (unpaired) electrons. The number of aromatic nitrogens is 2. The molecular weight excluding hydrogens is 905 g/mol. The highest BCUT2D eigenvalue weighted by Gasteiger charge is 2.50. The fourth-order valence-electron chi connectivity index (χ4n) is 7.11. The first kappa shape index (κ1) is 61.7. The van der Waals surface area contributed by atoms with E-state index in [1.807, 2.05) is 0 Å². The van der Waals surface area contributed by atoms with Crippen LogP contribution in [-0.2, 0) is 27.2 Å². The summed E-state index contributed by atoms with van der Waals surface area (Å²) in [4.78, 5) is 22.8. The predicted octanol–water partition coefficient (Wildman–Crippen LogP) is 17.4. The van der Waals surface area contributed by atoms with E-state index in [2.05, 4.69) is 154 Å². The fraction of sp³-hybridized carbons (Fsp3) is 0.868. The maximum absolute atomic E-state index is 13.5. The molecule has 10 nitrogen and oxygen atoms in total. The first-order valence-electron chi connectivity index (χ1n) is 26.3. The van der Waals surface area contributed by atoms with E-state index in [0.29, 0.717) is 24.3 Å². The third-order valence-corrected chi connectivity index (χ3v) is 33.9. The topological polar surface area (TPSA) is 115 Å². The summed E-state index contributed by atoms with van der Waals surface area (Å²) in [5, 5.41) is -0.232. The number of rotatable bonds is 30. The zero-order valence-corrected chi connectivity index (χ0v) is 51.4. The quantitative estimate of drug-likeness (QED) is 0.0426. The zero-order valence-electron chi connectivity index (χ0n) is 47.4. The van der Waals surface area contributed by atoms with Crippen LogP contribution in [0.5, 0.6) is 0 Å². The van der Waals surface area contributed by atoms with Crippen LogP contribution in [0.15, 0.2) is 27.7 Å². The molecule has 0 N–H and O–H groups in total. The summed E-state index contributed by atoms with van der Waals surface area (Å²) in [5.41, 5.74) is 0.616. The SMILES string of the molecule is CCCCCCCCCCCCCCCC(=O)OC(c1cnco1)c1nc(C(CC(O[Si](C)(C)C(C)(C)C)C(O[Si](C)(C)C(C)(C)C)C(C)O[Si](C)(C)C(C)(C)C)O[Si](C)(C)C(C)(C)C)co1. The lowest BCUT2D eigenvalue weighted by Gasteiger charge is -2.49. The molecule has 390 valence electrons. The van der Waals surface area contributed by atoms with Crippen molar-refractivity contribution < 1.29 is 36.1 Å². The maximum Gasteiger partial charge on any atom is 0.307 e. The summed E-state index contributed by atoms with van der Waals surface area (Å²) < 4.78 is 48.1. The molecule has 0 amide bonds. The molecule has 14 heteroatoms. The van der Waals surface area contributed by atoms with Crippen molar-refractivity contribution in [3.63, 3.8) is 0 Å². The van der Waals surface area contributed by atoms with E-state index < -0.39 is 57.7 Å². The molecule has 2 aromatic heterocycles. The second kappa shape index (κ2) is 25.8. The van der Waals surface area contributed by atoms with Crippen molar-refractivity contribution in [2.45, 2.75) is 296 Å². The third kappa shape index (κ3) is 19.6. The molecule has 0 aliphatic heterocycles. The third-order valence-electron chi connectivity index (χ3n) is 15.8. The van der Waals surface area contributed by atoms with Crippen LogP contribution in [0.4, 0.5) is 0 Å². The molecule has 0 spiro atoms. The molecule has 0 bridgehead atoms. The first-order valence-corrected chi connectivity index (χ1v) is 37.9. The highest BCUT2D eigenvalue weighted by atomic mass is 28.4. The van der Waals surface area contributed by atoms with Gasteiger partial charge in [0.25, 0.3) is 0 Å². The summed E-state index contributed by atoms with van der Waals surface area (Å²) in [6.07, 6.45) is 18.8. The average Bonchev–Trinajstić information content (AvgIpc) is 3.89. The smallest absolute Gasteiger partial charge is 0.307 e. The first-order chi connectivity index (χ1) is 30.6. The fourth-order valence-corrected chi connectivity index (χ4v) is 12.5. The van der Waals surface area contributed by atoms with Gasteiger partial charge < -0.3 is 31.3 Å². The highest BCUT2D eigenvalue weighted by Crippen LogP contribution is 2.46. The van der Waals surface area contributed by atoms with Gasteiger partial charge in [0.05, 0.1) is 30.6 Å². The summed E-state index contributed by atoms with van der Waals surface area (Å²) in [6, 6.07) is 0. The average molecular weight is 1010 g/mol. The Hall–Kier alpha value is -1.40. The predicted molar refractivity (Wildman–Crippen MR) is 289 cm³/mol. The molecule has 0 fully saturated rings. The van der Waals surface area contributed by atoms with E-state index in [-0.39, 0.29) is 38.1 Å². The zero-order chi connectivity index (χ0) is 51.3. The number of carbonyl (C=O) groups is 1. The van der Waals surface area contributed by atoms with Crippen molar-refractivity contribution in [2.24, 2.45) is 0 Å². The van der Waals surface area contributed by atoms with E-state index in [1.165, 1.54) is 70.6 Å². The second-order valence-corrected chi connectivity index (χ2v) is 44.8.